The molecule has 150 valence electrons. The van der Waals surface area contributed by atoms with Gasteiger partial charge in [-0.1, -0.05) is 30.3 Å². The van der Waals surface area contributed by atoms with Gasteiger partial charge in [-0.15, -0.1) is 0 Å². The van der Waals surface area contributed by atoms with Crippen molar-refractivity contribution in [3.05, 3.63) is 88.4 Å². The van der Waals surface area contributed by atoms with Gasteiger partial charge in [0.15, 0.2) is 11.6 Å². The molecule has 9 heteroatoms. The maximum Gasteiger partial charge on any atom is 0.422 e. The minimum Gasteiger partial charge on any atom is -0.478 e. The molecule has 0 radical (unpaired) electrons. The zero-order chi connectivity index (χ0) is 21.3. The first kappa shape index (κ1) is 20.4. The van der Waals surface area contributed by atoms with Crippen molar-refractivity contribution >= 4 is 5.97 Å². The van der Waals surface area contributed by atoms with Crippen molar-refractivity contribution in [2.24, 2.45) is 0 Å². The summed E-state index contributed by atoms with van der Waals surface area (Å²) in [4.78, 5) is 14.6. The van der Waals surface area contributed by atoms with Crippen molar-refractivity contribution in [3.63, 3.8) is 0 Å². The fraction of sp³-hybridized carbons (Fsp3) is 0.100. The average Bonchev–Trinajstić information content (AvgIpc) is 2.66. The highest BCUT2D eigenvalue weighted by Crippen LogP contribution is 2.40. The Bertz CT molecular complexity index is 1060. The van der Waals surface area contributed by atoms with Gasteiger partial charge in [-0.25, -0.2) is 18.0 Å². The van der Waals surface area contributed by atoms with E-state index in [1.807, 2.05) is 0 Å². The van der Waals surface area contributed by atoms with Gasteiger partial charge in [-0.2, -0.15) is 13.2 Å². The molecule has 2 aromatic carbocycles. The maximum atomic E-state index is 14.8. The SMILES string of the molecule is O=C(O)c1ccc(-c2c(F)c(F)c(C(F)(F)F)c(F)c2Cc2ccccc2)nc1. The number of aromatic nitrogens is 1. The van der Waals surface area contributed by atoms with Crippen molar-refractivity contribution in [1.29, 1.82) is 0 Å². The largest absolute Gasteiger partial charge is 0.478 e. The van der Waals surface area contributed by atoms with E-state index in [4.69, 9.17) is 5.11 Å². The normalized spacial score (nSPS) is 11.5. The Morgan fingerprint density at radius 2 is 1.59 bits per heavy atom. The summed E-state index contributed by atoms with van der Waals surface area (Å²) >= 11 is 0. The van der Waals surface area contributed by atoms with Gasteiger partial charge < -0.3 is 5.11 Å². The Kier molecular flexibility index (Phi) is 5.32. The van der Waals surface area contributed by atoms with Crippen LogP contribution < -0.4 is 0 Å². The van der Waals surface area contributed by atoms with Crippen LogP contribution in [0.4, 0.5) is 26.3 Å². The first-order chi connectivity index (χ1) is 13.6. The van der Waals surface area contributed by atoms with Crippen LogP contribution in [0, 0.1) is 17.5 Å². The van der Waals surface area contributed by atoms with Crippen LogP contribution in [-0.4, -0.2) is 16.1 Å². The molecule has 29 heavy (non-hydrogen) atoms. The van der Waals surface area contributed by atoms with Crippen molar-refractivity contribution in [2.45, 2.75) is 12.6 Å². The summed E-state index contributed by atoms with van der Waals surface area (Å²) in [5.41, 5.74) is -4.19. The molecule has 3 nitrogen and oxygen atoms in total. The summed E-state index contributed by atoms with van der Waals surface area (Å²) < 4.78 is 83.1. The first-order valence-electron chi connectivity index (χ1n) is 8.11. The second kappa shape index (κ2) is 7.57. The van der Waals surface area contributed by atoms with Gasteiger partial charge in [0, 0.05) is 23.7 Å². The third-order valence-corrected chi connectivity index (χ3v) is 4.19. The number of pyridine rings is 1. The lowest BCUT2D eigenvalue weighted by atomic mass is 9.93. The molecule has 1 heterocycles. The number of alkyl halides is 3. The molecule has 0 saturated heterocycles. The number of rotatable bonds is 4. The summed E-state index contributed by atoms with van der Waals surface area (Å²) in [5.74, 6) is -7.59. The van der Waals surface area contributed by atoms with Gasteiger partial charge in [0.05, 0.1) is 11.3 Å². The number of hydrogen-bond donors (Lipinski definition) is 1. The lowest BCUT2D eigenvalue weighted by Gasteiger charge is -2.18. The number of carbonyl (C=O) groups is 1. The van der Waals surface area contributed by atoms with E-state index in [0.29, 0.717) is 5.56 Å². The maximum absolute atomic E-state index is 14.8. The van der Waals surface area contributed by atoms with Gasteiger partial charge >= 0.3 is 12.1 Å². The van der Waals surface area contributed by atoms with E-state index in [0.717, 1.165) is 18.3 Å². The van der Waals surface area contributed by atoms with Crippen molar-refractivity contribution in [2.75, 3.05) is 0 Å². The van der Waals surface area contributed by atoms with E-state index in [9.17, 15) is 31.1 Å². The van der Waals surface area contributed by atoms with E-state index >= 15 is 0 Å². The van der Waals surface area contributed by atoms with Crippen LogP contribution >= 0.6 is 0 Å². The van der Waals surface area contributed by atoms with Crippen LogP contribution in [0.25, 0.3) is 11.3 Å². The molecule has 0 bridgehead atoms. The molecular formula is C20H11F6NO2. The van der Waals surface area contributed by atoms with Crippen molar-refractivity contribution < 1.29 is 36.2 Å². The molecule has 0 amide bonds. The summed E-state index contributed by atoms with van der Waals surface area (Å²) in [6, 6.07) is 9.68. The molecule has 0 atom stereocenters. The Morgan fingerprint density at radius 1 is 0.931 bits per heavy atom. The van der Waals surface area contributed by atoms with E-state index < -0.39 is 58.4 Å². The van der Waals surface area contributed by atoms with E-state index in [1.54, 1.807) is 18.2 Å². The summed E-state index contributed by atoms with van der Waals surface area (Å²) in [7, 11) is 0. The standard InChI is InChI=1S/C20H11F6NO2/c21-16-12(8-10-4-2-1-3-5-10)14(13-7-6-11(9-27-13)19(28)29)17(22)18(23)15(16)20(24,25)26/h1-7,9H,8H2,(H,28,29). The Balaban J connectivity index is 2.29. The highest BCUT2D eigenvalue weighted by atomic mass is 19.4. The smallest absolute Gasteiger partial charge is 0.422 e. The molecule has 0 aliphatic carbocycles. The highest BCUT2D eigenvalue weighted by molar-refractivity contribution is 5.87. The van der Waals surface area contributed by atoms with Gasteiger partial charge in [-0.3, -0.25) is 4.98 Å². The van der Waals surface area contributed by atoms with Crippen LogP contribution in [0.5, 0.6) is 0 Å². The van der Waals surface area contributed by atoms with Crippen molar-refractivity contribution in [3.8, 4) is 11.3 Å². The zero-order valence-corrected chi connectivity index (χ0v) is 14.4. The van der Waals surface area contributed by atoms with E-state index in [1.165, 1.54) is 12.1 Å². The number of nitrogens with zero attached hydrogens (tertiary/aromatic N) is 1. The fourth-order valence-electron chi connectivity index (χ4n) is 2.86. The number of carboxylic acids is 1. The molecule has 3 aromatic rings. The van der Waals surface area contributed by atoms with Gasteiger partial charge in [0.25, 0.3) is 0 Å². The molecule has 1 N–H and O–H groups in total. The fourth-order valence-corrected chi connectivity index (χ4v) is 2.86. The van der Waals surface area contributed by atoms with Crippen LogP contribution in [0.15, 0.2) is 48.7 Å². The van der Waals surface area contributed by atoms with Crippen LogP contribution in [0.3, 0.4) is 0 Å². The second-order valence-corrected chi connectivity index (χ2v) is 6.07. The predicted octanol–water partition coefficient (Wildman–Crippen LogP) is 5.47. The lowest BCUT2D eigenvalue weighted by Crippen LogP contribution is -2.17. The van der Waals surface area contributed by atoms with Crippen LogP contribution in [0.1, 0.15) is 27.0 Å². The number of benzene rings is 2. The van der Waals surface area contributed by atoms with Gasteiger partial charge in [0.2, 0.25) is 0 Å². The second-order valence-electron chi connectivity index (χ2n) is 6.07. The third-order valence-electron chi connectivity index (χ3n) is 4.19. The average molecular weight is 411 g/mol. The topological polar surface area (TPSA) is 50.2 Å². The molecular weight excluding hydrogens is 400 g/mol. The van der Waals surface area contributed by atoms with E-state index in [-0.39, 0.29) is 5.56 Å². The van der Waals surface area contributed by atoms with Gasteiger partial charge in [-0.05, 0) is 17.7 Å². The van der Waals surface area contributed by atoms with Crippen LogP contribution in [0.2, 0.25) is 0 Å². The summed E-state index contributed by atoms with van der Waals surface area (Å²) in [6.07, 6.45) is -5.11. The van der Waals surface area contributed by atoms with Crippen molar-refractivity contribution in [1.82, 2.24) is 4.98 Å². The molecule has 1 aromatic heterocycles. The van der Waals surface area contributed by atoms with E-state index in [2.05, 4.69) is 4.98 Å². The Morgan fingerprint density at radius 3 is 2.10 bits per heavy atom. The molecule has 3 rings (SSSR count). The Hall–Kier alpha value is -3.36. The minimum atomic E-state index is -5.46. The Labute approximate surface area is 160 Å². The quantitative estimate of drug-likeness (QED) is 0.457. The van der Waals surface area contributed by atoms with Crippen LogP contribution in [-0.2, 0) is 12.6 Å². The monoisotopic (exact) mass is 411 g/mol. The predicted molar refractivity (Wildman–Crippen MR) is 90.8 cm³/mol. The summed E-state index contributed by atoms with van der Waals surface area (Å²) in [6.45, 7) is 0. The molecule has 0 aliphatic heterocycles. The summed E-state index contributed by atoms with van der Waals surface area (Å²) in [5, 5.41) is 8.91. The lowest BCUT2D eigenvalue weighted by molar-refractivity contribution is -0.142. The molecule has 0 spiro atoms. The zero-order valence-electron chi connectivity index (χ0n) is 14.4. The number of carboxylic acid groups (broad SMARTS) is 1. The molecule has 0 saturated carbocycles. The molecule has 0 fully saturated rings. The van der Waals surface area contributed by atoms with Gasteiger partial charge in [0.1, 0.15) is 11.4 Å². The first-order valence-corrected chi connectivity index (χ1v) is 8.11. The number of hydrogen-bond acceptors (Lipinski definition) is 2. The third kappa shape index (κ3) is 3.94. The number of halogens is 6. The number of aromatic carboxylic acids is 1. The highest BCUT2D eigenvalue weighted by Gasteiger charge is 2.42. The minimum absolute atomic E-state index is 0.286. The molecule has 0 unspecified atom stereocenters. The molecule has 0 aliphatic rings.